The second-order valence-electron chi connectivity index (χ2n) is 4.00. The van der Waals surface area contributed by atoms with E-state index in [-0.39, 0.29) is 5.56 Å². The summed E-state index contributed by atoms with van der Waals surface area (Å²) in [4.78, 5) is 0. The Kier molecular flexibility index (Phi) is 3.50. The zero-order chi connectivity index (χ0) is 15.0. The van der Waals surface area contributed by atoms with Gasteiger partial charge in [-0.2, -0.15) is 26.3 Å². The van der Waals surface area contributed by atoms with Crippen LogP contribution in [0.5, 0.6) is 0 Å². The van der Waals surface area contributed by atoms with Crippen molar-refractivity contribution in [3.05, 3.63) is 59.7 Å². The van der Waals surface area contributed by atoms with Crippen molar-refractivity contribution in [2.45, 2.75) is 12.4 Å². The number of alkyl halides is 6. The fourth-order valence-electron chi connectivity index (χ4n) is 1.86. The van der Waals surface area contributed by atoms with Gasteiger partial charge in [-0.1, -0.05) is 36.4 Å². The molecule has 0 aliphatic heterocycles. The van der Waals surface area contributed by atoms with Crippen molar-refractivity contribution in [2.75, 3.05) is 0 Å². The first-order valence-corrected chi connectivity index (χ1v) is 5.46. The minimum absolute atomic E-state index is 0.0333. The Balaban J connectivity index is 2.77. The van der Waals surface area contributed by atoms with E-state index >= 15 is 0 Å². The number of rotatable bonds is 1. The summed E-state index contributed by atoms with van der Waals surface area (Å²) in [6.07, 6.45) is -10.2. The molecule has 0 saturated carbocycles. The molecule has 2 aromatic carbocycles. The van der Waals surface area contributed by atoms with E-state index in [1.54, 1.807) is 6.07 Å². The topological polar surface area (TPSA) is 0 Å². The predicted octanol–water partition coefficient (Wildman–Crippen LogP) is 5.19. The van der Waals surface area contributed by atoms with Gasteiger partial charge >= 0.3 is 12.4 Å². The fraction of sp³-hybridized carbons (Fsp3) is 0.143. The van der Waals surface area contributed by atoms with Crippen molar-refractivity contribution in [3.63, 3.8) is 0 Å². The van der Waals surface area contributed by atoms with Crippen molar-refractivity contribution in [1.29, 1.82) is 0 Å². The van der Waals surface area contributed by atoms with Gasteiger partial charge in [0.05, 0.1) is 11.1 Å². The van der Waals surface area contributed by atoms with Gasteiger partial charge in [-0.05, 0) is 17.7 Å². The molecule has 0 aliphatic rings. The third-order valence-corrected chi connectivity index (χ3v) is 2.65. The first-order chi connectivity index (χ1) is 9.21. The fourth-order valence-corrected chi connectivity index (χ4v) is 1.86. The molecule has 0 fully saturated rings. The van der Waals surface area contributed by atoms with E-state index < -0.39 is 29.0 Å². The molecular weight excluding hydrogens is 282 g/mol. The van der Waals surface area contributed by atoms with E-state index in [0.717, 1.165) is 6.07 Å². The summed E-state index contributed by atoms with van der Waals surface area (Å²) in [5.41, 5.74) is -3.99. The van der Waals surface area contributed by atoms with E-state index in [2.05, 4.69) is 6.07 Å². The summed E-state index contributed by atoms with van der Waals surface area (Å²) in [6.45, 7) is 0. The van der Waals surface area contributed by atoms with Gasteiger partial charge < -0.3 is 0 Å². The second-order valence-corrected chi connectivity index (χ2v) is 4.00. The smallest absolute Gasteiger partial charge is 0.166 e. The van der Waals surface area contributed by atoms with Crippen molar-refractivity contribution < 1.29 is 26.3 Å². The molecule has 0 amide bonds. The van der Waals surface area contributed by atoms with Crippen LogP contribution in [0.4, 0.5) is 26.3 Å². The molecule has 2 aromatic rings. The zero-order valence-electron chi connectivity index (χ0n) is 9.81. The molecule has 0 N–H and O–H groups in total. The lowest BCUT2D eigenvalue weighted by Gasteiger charge is -2.18. The van der Waals surface area contributed by atoms with Crippen molar-refractivity contribution >= 4 is 0 Å². The van der Waals surface area contributed by atoms with Crippen LogP contribution in [0.1, 0.15) is 11.1 Å². The third-order valence-electron chi connectivity index (χ3n) is 2.65. The standard InChI is InChI=1S/C14H7F6/c15-13(16,17)11-8-4-7-10(12(11)14(18,19)20)9-5-2-1-3-6-9/h1-6,8H. The lowest BCUT2D eigenvalue weighted by Crippen LogP contribution is -2.17. The highest BCUT2D eigenvalue weighted by atomic mass is 19.4. The van der Waals surface area contributed by atoms with Crippen LogP contribution in [0.15, 0.2) is 42.5 Å². The van der Waals surface area contributed by atoms with Gasteiger partial charge in [0.15, 0.2) is 0 Å². The molecule has 0 spiro atoms. The molecule has 0 atom stereocenters. The normalized spacial score (nSPS) is 12.5. The maximum Gasteiger partial charge on any atom is 0.417 e. The Bertz CT molecular complexity index is 595. The molecule has 6 heteroatoms. The molecule has 0 unspecified atom stereocenters. The summed E-state index contributed by atoms with van der Waals surface area (Å²) in [6, 6.07) is 10.6. The molecule has 20 heavy (non-hydrogen) atoms. The monoisotopic (exact) mass is 289 g/mol. The Morgan fingerprint density at radius 2 is 1.35 bits per heavy atom. The molecule has 0 bridgehead atoms. The van der Waals surface area contributed by atoms with Crippen LogP contribution < -0.4 is 0 Å². The molecule has 0 heterocycles. The summed E-state index contributed by atoms with van der Waals surface area (Å²) in [7, 11) is 0. The first-order valence-electron chi connectivity index (χ1n) is 5.46. The van der Waals surface area contributed by atoms with Gasteiger partial charge in [0.2, 0.25) is 0 Å². The lowest BCUT2D eigenvalue weighted by atomic mass is 9.94. The van der Waals surface area contributed by atoms with E-state index in [0.29, 0.717) is 6.07 Å². The molecule has 0 aliphatic carbocycles. The SMILES string of the molecule is FC(F)(F)c1cc[c]c(-c2ccccc2)c1C(F)(F)F. The largest absolute Gasteiger partial charge is 0.417 e. The highest BCUT2D eigenvalue weighted by Crippen LogP contribution is 2.44. The van der Waals surface area contributed by atoms with Crippen LogP contribution >= 0.6 is 0 Å². The predicted molar refractivity (Wildman–Crippen MR) is 60.7 cm³/mol. The van der Waals surface area contributed by atoms with Crippen molar-refractivity contribution in [2.24, 2.45) is 0 Å². The van der Waals surface area contributed by atoms with E-state index in [1.807, 2.05) is 0 Å². The van der Waals surface area contributed by atoms with Crippen LogP contribution in [0.3, 0.4) is 0 Å². The molecule has 1 radical (unpaired) electrons. The number of benzene rings is 2. The molecule has 0 aromatic heterocycles. The van der Waals surface area contributed by atoms with Gasteiger partial charge in [0.1, 0.15) is 0 Å². The number of hydrogen-bond acceptors (Lipinski definition) is 0. The van der Waals surface area contributed by atoms with Gasteiger partial charge in [0, 0.05) is 5.56 Å². The first kappa shape index (κ1) is 14.4. The Morgan fingerprint density at radius 3 is 1.85 bits per heavy atom. The maximum absolute atomic E-state index is 13.0. The third kappa shape index (κ3) is 2.79. The van der Waals surface area contributed by atoms with Crippen LogP contribution in [-0.4, -0.2) is 0 Å². The number of halogens is 6. The molecule has 105 valence electrons. The summed E-state index contributed by atoms with van der Waals surface area (Å²) >= 11 is 0. The van der Waals surface area contributed by atoms with E-state index in [9.17, 15) is 26.3 Å². The Morgan fingerprint density at radius 1 is 0.750 bits per heavy atom. The lowest BCUT2D eigenvalue weighted by molar-refractivity contribution is -0.161. The second kappa shape index (κ2) is 4.85. The highest BCUT2D eigenvalue weighted by molar-refractivity contribution is 5.69. The van der Waals surface area contributed by atoms with Crippen LogP contribution in [0.2, 0.25) is 0 Å². The summed E-state index contributed by atoms with van der Waals surface area (Å²) in [5, 5.41) is 0. The molecule has 0 saturated heterocycles. The van der Waals surface area contributed by atoms with Crippen molar-refractivity contribution in [1.82, 2.24) is 0 Å². The molecular formula is C14H7F6. The average molecular weight is 289 g/mol. The van der Waals surface area contributed by atoms with Gasteiger partial charge in [-0.25, -0.2) is 0 Å². The van der Waals surface area contributed by atoms with Crippen molar-refractivity contribution in [3.8, 4) is 11.1 Å². The van der Waals surface area contributed by atoms with Crippen LogP contribution in [0, 0.1) is 6.07 Å². The van der Waals surface area contributed by atoms with Crippen LogP contribution in [0.25, 0.3) is 11.1 Å². The minimum Gasteiger partial charge on any atom is -0.166 e. The van der Waals surface area contributed by atoms with E-state index in [1.165, 1.54) is 24.3 Å². The Labute approximate surface area is 110 Å². The van der Waals surface area contributed by atoms with Gasteiger partial charge in [0.25, 0.3) is 0 Å². The molecule has 0 nitrogen and oxygen atoms in total. The maximum atomic E-state index is 13.0. The highest BCUT2D eigenvalue weighted by Gasteiger charge is 2.44. The average Bonchev–Trinajstić information content (AvgIpc) is 2.37. The summed E-state index contributed by atoms with van der Waals surface area (Å²) < 4.78 is 77.3. The minimum atomic E-state index is -5.12. The summed E-state index contributed by atoms with van der Waals surface area (Å²) in [5.74, 6) is 0. The van der Waals surface area contributed by atoms with Crippen LogP contribution in [-0.2, 0) is 12.4 Å². The van der Waals surface area contributed by atoms with Gasteiger partial charge in [-0.3, -0.25) is 0 Å². The zero-order valence-corrected chi connectivity index (χ0v) is 9.81. The van der Waals surface area contributed by atoms with Gasteiger partial charge in [-0.15, -0.1) is 0 Å². The Hall–Kier alpha value is -1.98. The number of hydrogen-bond donors (Lipinski definition) is 0. The quantitative estimate of drug-likeness (QED) is 0.634. The molecule has 2 rings (SSSR count). The van der Waals surface area contributed by atoms with E-state index in [4.69, 9.17) is 0 Å².